The number of nitrogens with one attached hydrogen (secondary N) is 1. The molecule has 0 saturated heterocycles. The van der Waals surface area contributed by atoms with E-state index in [-0.39, 0.29) is 17.7 Å². The van der Waals surface area contributed by atoms with Crippen LogP contribution >= 0.6 is 0 Å². The van der Waals surface area contributed by atoms with Crippen molar-refractivity contribution in [3.05, 3.63) is 0 Å². The van der Waals surface area contributed by atoms with E-state index in [0.717, 1.165) is 0 Å². The molecular formula is C10H19NO3. The summed E-state index contributed by atoms with van der Waals surface area (Å²) in [6.07, 6.45) is 0. The molecule has 0 bridgehead atoms. The summed E-state index contributed by atoms with van der Waals surface area (Å²) < 4.78 is 4.60. The number of carbonyl (C=O) groups excluding carboxylic acids is 2. The van der Waals surface area contributed by atoms with Crippen LogP contribution in [-0.4, -0.2) is 25.0 Å². The van der Waals surface area contributed by atoms with Gasteiger partial charge in [-0.25, -0.2) is 4.79 Å². The first-order valence-corrected chi connectivity index (χ1v) is 4.78. The highest BCUT2D eigenvalue weighted by atomic mass is 16.5. The van der Waals surface area contributed by atoms with E-state index in [1.165, 1.54) is 7.11 Å². The number of methoxy groups -OCH3 is 1. The highest BCUT2D eigenvalue weighted by Crippen LogP contribution is 2.05. The van der Waals surface area contributed by atoms with Gasteiger partial charge >= 0.3 is 5.97 Å². The molecule has 0 fully saturated rings. The van der Waals surface area contributed by atoms with Crippen LogP contribution in [0.4, 0.5) is 0 Å². The van der Waals surface area contributed by atoms with Crippen LogP contribution in [0.5, 0.6) is 0 Å². The predicted octanol–water partition coefficient (Wildman–Crippen LogP) is 0.956. The van der Waals surface area contributed by atoms with Gasteiger partial charge in [0.25, 0.3) is 0 Å². The fourth-order valence-corrected chi connectivity index (χ4v) is 0.945. The molecule has 0 heterocycles. The van der Waals surface area contributed by atoms with E-state index in [2.05, 4.69) is 10.1 Å². The van der Waals surface area contributed by atoms with E-state index in [0.29, 0.717) is 0 Å². The van der Waals surface area contributed by atoms with Crippen LogP contribution in [0.1, 0.15) is 27.7 Å². The van der Waals surface area contributed by atoms with E-state index in [1.54, 1.807) is 13.8 Å². The van der Waals surface area contributed by atoms with Crippen molar-refractivity contribution < 1.29 is 14.3 Å². The molecule has 0 unspecified atom stereocenters. The van der Waals surface area contributed by atoms with Crippen molar-refractivity contribution in [1.82, 2.24) is 5.32 Å². The van der Waals surface area contributed by atoms with Crippen molar-refractivity contribution in [3.63, 3.8) is 0 Å². The summed E-state index contributed by atoms with van der Waals surface area (Å²) >= 11 is 0. The zero-order valence-electron chi connectivity index (χ0n) is 9.46. The molecule has 1 N–H and O–H groups in total. The topological polar surface area (TPSA) is 55.4 Å². The summed E-state index contributed by atoms with van der Waals surface area (Å²) in [5, 5.41) is 2.65. The smallest absolute Gasteiger partial charge is 0.328 e. The molecule has 0 aliphatic carbocycles. The number of esters is 1. The number of hydrogen-bond acceptors (Lipinski definition) is 3. The summed E-state index contributed by atoms with van der Waals surface area (Å²) in [4.78, 5) is 22.6. The zero-order chi connectivity index (χ0) is 11.3. The third kappa shape index (κ3) is 3.77. The number of hydrogen-bond donors (Lipinski definition) is 1. The number of carbonyl (C=O) groups is 2. The molecule has 0 aliphatic rings. The molecule has 0 rings (SSSR count). The minimum atomic E-state index is -0.546. The summed E-state index contributed by atoms with van der Waals surface area (Å²) in [6.45, 7) is 7.29. The number of rotatable bonds is 4. The molecule has 0 aromatic heterocycles. The Bertz CT molecular complexity index is 211. The molecule has 0 aromatic rings. The van der Waals surface area contributed by atoms with E-state index in [1.807, 2.05) is 13.8 Å². The Morgan fingerprint density at radius 1 is 1.14 bits per heavy atom. The number of amides is 1. The van der Waals surface area contributed by atoms with E-state index >= 15 is 0 Å². The predicted molar refractivity (Wildman–Crippen MR) is 53.6 cm³/mol. The van der Waals surface area contributed by atoms with Gasteiger partial charge in [-0.15, -0.1) is 0 Å². The Morgan fingerprint density at radius 3 is 1.93 bits per heavy atom. The molecule has 0 radical (unpaired) electrons. The van der Waals surface area contributed by atoms with Gasteiger partial charge in [0.15, 0.2) is 0 Å². The van der Waals surface area contributed by atoms with Crippen molar-refractivity contribution in [3.8, 4) is 0 Å². The first kappa shape index (κ1) is 12.9. The maximum Gasteiger partial charge on any atom is 0.328 e. The van der Waals surface area contributed by atoms with Crippen molar-refractivity contribution in [2.75, 3.05) is 7.11 Å². The minimum absolute atomic E-state index is 0.0325. The van der Waals surface area contributed by atoms with Gasteiger partial charge in [-0.05, 0) is 5.92 Å². The molecule has 0 aliphatic heterocycles. The lowest BCUT2D eigenvalue weighted by atomic mass is 10.0. The van der Waals surface area contributed by atoms with Gasteiger partial charge in [0.1, 0.15) is 6.04 Å². The molecule has 14 heavy (non-hydrogen) atoms. The molecule has 0 aromatic carbocycles. The van der Waals surface area contributed by atoms with Gasteiger partial charge in [0.2, 0.25) is 5.91 Å². The third-order valence-corrected chi connectivity index (χ3v) is 1.94. The van der Waals surface area contributed by atoms with Gasteiger partial charge in [-0.2, -0.15) is 0 Å². The molecule has 0 saturated carbocycles. The molecular weight excluding hydrogens is 182 g/mol. The largest absolute Gasteiger partial charge is 0.467 e. The second kappa shape index (κ2) is 5.62. The highest BCUT2D eigenvalue weighted by Gasteiger charge is 2.25. The molecule has 4 nitrogen and oxygen atoms in total. The van der Waals surface area contributed by atoms with Gasteiger partial charge in [-0.3, -0.25) is 4.79 Å². The zero-order valence-corrected chi connectivity index (χ0v) is 9.46. The Balaban J connectivity index is 4.38. The average molecular weight is 201 g/mol. The monoisotopic (exact) mass is 201 g/mol. The van der Waals surface area contributed by atoms with E-state index < -0.39 is 12.0 Å². The maximum absolute atomic E-state index is 11.4. The van der Waals surface area contributed by atoms with Gasteiger partial charge in [0, 0.05) is 5.92 Å². The quantitative estimate of drug-likeness (QED) is 0.689. The summed E-state index contributed by atoms with van der Waals surface area (Å²) in [5.41, 5.74) is 0. The Hall–Kier alpha value is -1.06. The van der Waals surface area contributed by atoms with E-state index in [9.17, 15) is 9.59 Å². The van der Waals surface area contributed by atoms with Crippen LogP contribution in [0.15, 0.2) is 0 Å². The average Bonchev–Trinajstić information content (AvgIpc) is 2.11. The molecule has 4 heteroatoms. The summed E-state index contributed by atoms with van der Waals surface area (Å²) in [6, 6.07) is -0.546. The number of ether oxygens (including phenoxy) is 1. The molecule has 82 valence electrons. The van der Waals surface area contributed by atoms with Gasteiger partial charge in [-0.1, -0.05) is 27.7 Å². The Morgan fingerprint density at radius 2 is 1.64 bits per heavy atom. The molecule has 1 atom stereocenters. The SMILES string of the molecule is COC(=O)[C@H](NC(=O)C(C)C)C(C)C. The summed E-state index contributed by atoms with van der Waals surface area (Å²) in [5.74, 6) is -0.617. The first-order chi connectivity index (χ1) is 6.40. The first-order valence-electron chi connectivity index (χ1n) is 4.78. The standard InChI is InChI=1S/C10H19NO3/c1-6(2)8(10(13)14-5)11-9(12)7(3)4/h6-8H,1-5H3,(H,11,12)/t8-/m1/s1. The van der Waals surface area contributed by atoms with E-state index in [4.69, 9.17) is 0 Å². The molecule has 0 spiro atoms. The second-order valence-corrected chi connectivity index (χ2v) is 3.91. The van der Waals surface area contributed by atoms with Crippen LogP contribution in [0.3, 0.4) is 0 Å². The third-order valence-electron chi connectivity index (χ3n) is 1.94. The van der Waals surface area contributed by atoms with Gasteiger partial charge in [0.05, 0.1) is 7.11 Å². The minimum Gasteiger partial charge on any atom is -0.467 e. The normalized spacial score (nSPS) is 12.8. The van der Waals surface area contributed by atoms with Crippen molar-refractivity contribution in [1.29, 1.82) is 0 Å². The maximum atomic E-state index is 11.4. The fraction of sp³-hybridized carbons (Fsp3) is 0.800. The second-order valence-electron chi connectivity index (χ2n) is 3.91. The van der Waals surface area contributed by atoms with Crippen molar-refractivity contribution in [2.45, 2.75) is 33.7 Å². The van der Waals surface area contributed by atoms with Crippen LogP contribution in [0.2, 0.25) is 0 Å². The van der Waals surface area contributed by atoms with Gasteiger partial charge < -0.3 is 10.1 Å². The molecule has 1 amide bonds. The van der Waals surface area contributed by atoms with Crippen molar-refractivity contribution in [2.24, 2.45) is 11.8 Å². The van der Waals surface area contributed by atoms with Crippen LogP contribution < -0.4 is 5.32 Å². The highest BCUT2D eigenvalue weighted by molar-refractivity contribution is 5.85. The van der Waals surface area contributed by atoms with Crippen LogP contribution in [0, 0.1) is 11.8 Å². The van der Waals surface area contributed by atoms with Crippen molar-refractivity contribution >= 4 is 11.9 Å². The lowest BCUT2D eigenvalue weighted by Crippen LogP contribution is -2.46. The Kier molecular flexibility index (Phi) is 5.20. The fourth-order valence-electron chi connectivity index (χ4n) is 0.945. The van der Waals surface area contributed by atoms with Crippen LogP contribution in [-0.2, 0) is 14.3 Å². The summed E-state index contributed by atoms with van der Waals surface area (Å²) in [7, 11) is 1.32. The lowest BCUT2D eigenvalue weighted by Gasteiger charge is -2.20. The Labute approximate surface area is 85.0 Å². The lowest BCUT2D eigenvalue weighted by molar-refractivity contribution is -0.146. The van der Waals surface area contributed by atoms with Crippen LogP contribution in [0.25, 0.3) is 0 Å².